The van der Waals surface area contributed by atoms with Gasteiger partial charge in [0.05, 0.1) is 32.8 Å². The summed E-state index contributed by atoms with van der Waals surface area (Å²) in [7, 11) is 6.94. The van der Waals surface area contributed by atoms with Crippen molar-refractivity contribution in [1.82, 2.24) is 4.90 Å². The van der Waals surface area contributed by atoms with Crippen molar-refractivity contribution in [3.05, 3.63) is 53.6 Å². The predicted molar refractivity (Wildman–Crippen MR) is 125 cm³/mol. The maximum absolute atomic E-state index is 10.3. The Kier molecular flexibility index (Phi) is 9.21. The second-order valence-electron chi connectivity index (χ2n) is 8.29. The van der Waals surface area contributed by atoms with Gasteiger partial charge in [0, 0.05) is 6.54 Å². The molecule has 0 fully saturated rings. The van der Waals surface area contributed by atoms with Crippen LogP contribution in [0.2, 0.25) is 0 Å². The standard InChI is InChI=1S/C26H36N2O3/c1-20(2)26(19-27,22-17-23(29-4)25(31-6)24(18-22)30-5)14-10-15-28(3)16-13-21-11-8-7-9-12-21/h7-9,11-12,17-18,20H,10,13-16H2,1-6H3. The molecule has 0 aromatic heterocycles. The van der Waals surface area contributed by atoms with E-state index in [4.69, 9.17) is 14.2 Å². The maximum atomic E-state index is 10.3. The molecular weight excluding hydrogens is 388 g/mol. The van der Waals surface area contributed by atoms with Crippen LogP contribution in [-0.2, 0) is 11.8 Å². The monoisotopic (exact) mass is 424 g/mol. The molecule has 2 aromatic carbocycles. The Balaban J connectivity index is 2.15. The molecule has 1 unspecified atom stereocenters. The number of rotatable bonds is 12. The molecule has 2 aromatic rings. The zero-order valence-corrected chi connectivity index (χ0v) is 19.8. The first-order valence-electron chi connectivity index (χ1n) is 10.9. The largest absolute Gasteiger partial charge is 0.493 e. The first-order valence-corrected chi connectivity index (χ1v) is 10.9. The van der Waals surface area contributed by atoms with E-state index in [0.29, 0.717) is 17.2 Å². The van der Waals surface area contributed by atoms with E-state index >= 15 is 0 Å². The lowest BCUT2D eigenvalue weighted by molar-refractivity contribution is 0.290. The van der Waals surface area contributed by atoms with Gasteiger partial charge in [-0.1, -0.05) is 44.2 Å². The van der Waals surface area contributed by atoms with Gasteiger partial charge in [-0.05, 0) is 62.0 Å². The fourth-order valence-electron chi connectivity index (χ4n) is 4.06. The van der Waals surface area contributed by atoms with Gasteiger partial charge in [-0.3, -0.25) is 0 Å². The topological polar surface area (TPSA) is 54.7 Å². The number of ether oxygens (including phenoxy) is 3. The number of nitriles is 1. The Morgan fingerprint density at radius 3 is 2.06 bits per heavy atom. The van der Waals surface area contributed by atoms with E-state index < -0.39 is 5.41 Å². The molecule has 31 heavy (non-hydrogen) atoms. The Labute approximate surface area is 187 Å². The Hall–Kier alpha value is -2.71. The lowest BCUT2D eigenvalue weighted by atomic mass is 9.69. The van der Waals surface area contributed by atoms with Crippen LogP contribution in [0, 0.1) is 17.2 Å². The van der Waals surface area contributed by atoms with E-state index in [2.05, 4.69) is 56.1 Å². The lowest BCUT2D eigenvalue weighted by Crippen LogP contribution is -2.32. The van der Waals surface area contributed by atoms with Crippen LogP contribution in [0.5, 0.6) is 17.2 Å². The van der Waals surface area contributed by atoms with Gasteiger partial charge < -0.3 is 19.1 Å². The summed E-state index contributed by atoms with van der Waals surface area (Å²) in [5, 5.41) is 10.3. The van der Waals surface area contributed by atoms with E-state index in [1.165, 1.54) is 5.56 Å². The third kappa shape index (κ3) is 5.92. The Bertz CT molecular complexity index is 836. The third-order valence-electron chi connectivity index (χ3n) is 6.10. The summed E-state index contributed by atoms with van der Waals surface area (Å²) in [5.74, 6) is 1.84. The molecule has 0 heterocycles. The average molecular weight is 425 g/mol. The van der Waals surface area contributed by atoms with Crippen molar-refractivity contribution < 1.29 is 14.2 Å². The lowest BCUT2D eigenvalue weighted by Gasteiger charge is -2.33. The maximum Gasteiger partial charge on any atom is 0.203 e. The van der Waals surface area contributed by atoms with E-state index in [1.54, 1.807) is 21.3 Å². The van der Waals surface area contributed by atoms with Crippen molar-refractivity contribution in [2.45, 2.75) is 38.5 Å². The quantitative estimate of drug-likeness (QED) is 0.475. The van der Waals surface area contributed by atoms with Crippen molar-refractivity contribution in [1.29, 1.82) is 5.26 Å². The van der Waals surface area contributed by atoms with E-state index in [0.717, 1.165) is 37.9 Å². The van der Waals surface area contributed by atoms with Gasteiger partial charge in [0.25, 0.3) is 0 Å². The normalized spacial score (nSPS) is 13.0. The van der Waals surface area contributed by atoms with Crippen molar-refractivity contribution in [3.8, 4) is 23.3 Å². The first kappa shape index (κ1) is 24.6. The second kappa shape index (κ2) is 11.6. The molecule has 0 radical (unpaired) electrons. The molecule has 5 nitrogen and oxygen atoms in total. The van der Waals surface area contributed by atoms with E-state index in [1.807, 2.05) is 18.2 Å². The van der Waals surface area contributed by atoms with E-state index in [9.17, 15) is 5.26 Å². The molecule has 0 aliphatic heterocycles. The fraction of sp³-hybridized carbons (Fsp3) is 0.500. The second-order valence-corrected chi connectivity index (χ2v) is 8.29. The number of benzene rings is 2. The summed E-state index contributed by atoms with van der Waals surface area (Å²) in [6.07, 6.45) is 2.71. The summed E-state index contributed by atoms with van der Waals surface area (Å²) in [5.41, 5.74) is 1.62. The highest BCUT2D eigenvalue weighted by molar-refractivity contribution is 5.56. The Morgan fingerprint density at radius 1 is 0.968 bits per heavy atom. The van der Waals surface area contributed by atoms with Crippen molar-refractivity contribution in [2.24, 2.45) is 5.92 Å². The van der Waals surface area contributed by atoms with Crippen LogP contribution >= 0.6 is 0 Å². The molecule has 0 saturated heterocycles. The SMILES string of the molecule is COc1cc(C(C#N)(CCCN(C)CCc2ccccc2)C(C)C)cc(OC)c1OC. The summed E-state index contributed by atoms with van der Waals surface area (Å²) in [6.45, 7) is 6.14. The molecule has 168 valence electrons. The van der Waals surface area contributed by atoms with Crippen molar-refractivity contribution in [2.75, 3.05) is 41.5 Å². The number of hydrogen-bond acceptors (Lipinski definition) is 5. The number of hydrogen-bond donors (Lipinski definition) is 0. The number of methoxy groups -OCH3 is 3. The zero-order chi connectivity index (χ0) is 22.9. The summed E-state index contributed by atoms with van der Waals surface area (Å²) in [4.78, 5) is 2.34. The molecule has 0 spiro atoms. The van der Waals surface area contributed by atoms with Crippen LogP contribution in [0.4, 0.5) is 0 Å². The number of nitrogens with zero attached hydrogens (tertiary/aromatic N) is 2. The van der Waals surface area contributed by atoms with Gasteiger partial charge in [-0.2, -0.15) is 5.26 Å². The van der Waals surface area contributed by atoms with Crippen LogP contribution in [0.15, 0.2) is 42.5 Å². The highest BCUT2D eigenvalue weighted by atomic mass is 16.5. The minimum absolute atomic E-state index is 0.134. The summed E-state index contributed by atoms with van der Waals surface area (Å²) < 4.78 is 16.5. The summed E-state index contributed by atoms with van der Waals surface area (Å²) in [6, 6.07) is 17.0. The van der Waals surface area contributed by atoms with Gasteiger partial charge in [-0.25, -0.2) is 0 Å². The molecule has 0 saturated carbocycles. The molecular formula is C26H36N2O3. The van der Waals surface area contributed by atoms with E-state index in [-0.39, 0.29) is 5.92 Å². The minimum Gasteiger partial charge on any atom is -0.493 e. The molecule has 2 rings (SSSR count). The summed E-state index contributed by atoms with van der Waals surface area (Å²) >= 11 is 0. The minimum atomic E-state index is -0.632. The zero-order valence-electron chi connectivity index (χ0n) is 19.8. The van der Waals surface area contributed by atoms with Gasteiger partial charge in [0.2, 0.25) is 5.75 Å². The van der Waals surface area contributed by atoms with Gasteiger partial charge >= 0.3 is 0 Å². The fourth-order valence-corrected chi connectivity index (χ4v) is 4.06. The van der Waals surface area contributed by atoms with Crippen LogP contribution in [0.25, 0.3) is 0 Å². The highest BCUT2D eigenvalue weighted by Gasteiger charge is 2.37. The molecule has 0 amide bonds. The van der Waals surface area contributed by atoms with Crippen LogP contribution in [0.1, 0.15) is 37.8 Å². The smallest absolute Gasteiger partial charge is 0.203 e. The van der Waals surface area contributed by atoms with Crippen molar-refractivity contribution >= 4 is 0 Å². The third-order valence-corrected chi connectivity index (χ3v) is 6.10. The van der Waals surface area contributed by atoms with Gasteiger partial charge in [0.1, 0.15) is 0 Å². The predicted octanol–water partition coefficient (Wildman–Crippen LogP) is 5.08. The van der Waals surface area contributed by atoms with Gasteiger partial charge in [-0.15, -0.1) is 0 Å². The van der Waals surface area contributed by atoms with Crippen LogP contribution in [-0.4, -0.2) is 46.4 Å². The molecule has 5 heteroatoms. The molecule has 0 bridgehead atoms. The molecule has 0 aliphatic carbocycles. The molecule has 0 N–H and O–H groups in total. The number of likely N-dealkylation sites (N-methyl/N-ethyl adjacent to an activating group) is 1. The van der Waals surface area contributed by atoms with Crippen molar-refractivity contribution in [3.63, 3.8) is 0 Å². The molecule has 0 aliphatic rings. The average Bonchev–Trinajstić information content (AvgIpc) is 2.80. The highest BCUT2D eigenvalue weighted by Crippen LogP contribution is 2.45. The van der Waals surface area contributed by atoms with Crippen LogP contribution in [0.3, 0.4) is 0 Å². The first-order chi connectivity index (χ1) is 14.9. The van der Waals surface area contributed by atoms with Crippen LogP contribution < -0.4 is 14.2 Å². The van der Waals surface area contributed by atoms with Gasteiger partial charge in [0.15, 0.2) is 11.5 Å². The Morgan fingerprint density at radius 2 is 1.58 bits per heavy atom. The molecule has 1 atom stereocenters.